The van der Waals surface area contributed by atoms with Crippen LogP contribution in [0.2, 0.25) is 5.02 Å². The summed E-state index contributed by atoms with van der Waals surface area (Å²) in [4.78, 5) is 12.6. The largest absolute Gasteiger partial charge is 0.379 e. The molecule has 3 rings (SSSR count). The summed E-state index contributed by atoms with van der Waals surface area (Å²) in [6, 6.07) is 8.20. The van der Waals surface area contributed by atoms with E-state index in [-0.39, 0.29) is 6.04 Å². The van der Waals surface area contributed by atoms with Gasteiger partial charge in [0.05, 0.1) is 31.5 Å². The highest BCUT2D eigenvalue weighted by Gasteiger charge is 2.24. The van der Waals surface area contributed by atoms with Crippen LogP contribution in [0.4, 0.5) is 0 Å². The summed E-state index contributed by atoms with van der Waals surface area (Å²) in [7, 11) is 1.78. The number of thiazole rings is 1. The first-order chi connectivity index (χ1) is 13.6. The first kappa shape index (κ1) is 21.0. The Labute approximate surface area is 176 Å². The number of aliphatic imine (C=N–C) groups is 1. The van der Waals surface area contributed by atoms with Crippen molar-refractivity contribution >= 4 is 28.9 Å². The van der Waals surface area contributed by atoms with Crippen LogP contribution in [0.15, 0.2) is 29.3 Å². The summed E-state index contributed by atoms with van der Waals surface area (Å²) >= 11 is 8.22. The van der Waals surface area contributed by atoms with Gasteiger partial charge in [-0.25, -0.2) is 4.98 Å². The van der Waals surface area contributed by atoms with Crippen molar-refractivity contribution in [3.05, 3.63) is 50.4 Å². The van der Waals surface area contributed by atoms with Crippen molar-refractivity contribution in [1.82, 2.24) is 20.5 Å². The second-order valence-electron chi connectivity index (χ2n) is 6.74. The lowest BCUT2D eigenvalue weighted by molar-refractivity contribution is 0.0170. The lowest BCUT2D eigenvalue weighted by atomic mass is 10.0. The van der Waals surface area contributed by atoms with Crippen LogP contribution < -0.4 is 10.6 Å². The number of benzene rings is 1. The fourth-order valence-electron chi connectivity index (χ4n) is 3.26. The van der Waals surface area contributed by atoms with Gasteiger partial charge in [-0.2, -0.15) is 0 Å². The Balaban J connectivity index is 1.65. The Morgan fingerprint density at radius 3 is 2.68 bits per heavy atom. The Bertz CT molecular complexity index is 784. The van der Waals surface area contributed by atoms with Gasteiger partial charge in [-0.3, -0.25) is 9.89 Å². The number of guanidine groups is 1. The van der Waals surface area contributed by atoms with Crippen LogP contribution in [0.25, 0.3) is 0 Å². The van der Waals surface area contributed by atoms with Crippen molar-refractivity contribution in [2.24, 2.45) is 4.99 Å². The van der Waals surface area contributed by atoms with Crippen molar-refractivity contribution in [2.45, 2.75) is 26.4 Å². The van der Waals surface area contributed by atoms with Gasteiger partial charge in [-0.15, -0.1) is 11.3 Å². The zero-order chi connectivity index (χ0) is 19.9. The molecular weight excluding hydrogens is 394 g/mol. The molecule has 6 nitrogen and oxygen atoms in total. The second kappa shape index (κ2) is 10.2. The minimum atomic E-state index is 0.153. The van der Waals surface area contributed by atoms with Crippen molar-refractivity contribution in [3.8, 4) is 0 Å². The Morgan fingerprint density at radius 2 is 2.04 bits per heavy atom. The van der Waals surface area contributed by atoms with Gasteiger partial charge in [-0.05, 0) is 25.5 Å². The maximum atomic E-state index is 6.51. The van der Waals surface area contributed by atoms with Crippen LogP contribution in [-0.2, 0) is 11.3 Å². The molecule has 2 aromatic rings. The highest BCUT2D eigenvalue weighted by atomic mass is 35.5. The minimum absolute atomic E-state index is 0.153. The van der Waals surface area contributed by atoms with E-state index in [4.69, 9.17) is 16.3 Å². The Hall–Kier alpha value is -1.67. The van der Waals surface area contributed by atoms with Crippen molar-refractivity contribution in [3.63, 3.8) is 0 Å². The van der Waals surface area contributed by atoms with E-state index in [1.807, 2.05) is 25.1 Å². The molecule has 1 aromatic heterocycles. The van der Waals surface area contributed by atoms with Gasteiger partial charge in [0, 0.05) is 36.6 Å². The van der Waals surface area contributed by atoms with Gasteiger partial charge < -0.3 is 15.4 Å². The smallest absolute Gasteiger partial charge is 0.191 e. The summed E-state index contributed by atoms with van der Waals surface area (Å²) in [5, 5.41) is 8.67. The predicted molar refractivity (Wildman–Crippen MR) is 116 cm³/mol. The molecule has 0 bridgehead atoms. The quantitative estimate of drug-likeness (QED) is 0.554. The number of hydrogen-bond acceptors (Lipinski definition) is 5. The number of nitrogens with zero attached hydrogens (tertiary/aromatic N) is 3. The van der Waals surface area contributed by atoms with E-state index in [1.54, 1.807) is 18.4 Å². The van der Waals surface area contributed by atoms with E-state index in [0.29, 0.717) is 13.1 Å². The number of aryl methyl sites for hydroxylation is 2. The van der Waals surface area contributed by atoms with E-state index >= 15 is 0 Å². The Kier molecular flexibility index (Phi) is 7.67. The molecule has 0 amide bonds. The lowest BCUT2D eigenvalue weighted by Crippen LogP contribution is -2.46. The summed E-state index contributed by atoms with van der Waals surface area (Å²) in [5.41, 5.74) is 2.22. The van der Waals surface area contributed by atoms with Crippen molar-refractivity contribution < 1.29 is 4.74 Å². The third kappa shape index (κ3) is 5.44. The van der Waals surface area contributed by atoms with E-state index < -0.39 is 0 Å². The SMILES string of the molecule is CN=C(NCc1nc(C)c(C)s1)NCC(c1ccccc1Cl)N1CCOCC1. The fraction of sp³-hybridized carbons (Fsp3) is 0.500. The molecule has 0 aliphatic carbocycles. The third-order valence-corrected chi connectivity index (χ3v) is 6.33. The number of aromatic nitrogens is 1. The van der Waals surface area contributed by atoms with Crippen LogP contribution in [-0.4, -0.2) is 55.7 Å². The molecule has 2 N–H and O–H groups in total. The summed E-state index contributed by atoms with van der Waals surface area (Å²) < 4.78 is 5.52. The fourth-order valence-corrected chi connectivity index (χ4v) is 4.39. The van der Waals surface area contributed by atoms with Crippen LogP contribution >= 0.6 is 22.9 Å². The summed E-state index contributed by atoms with van der Waals surface area (Å²) in [5.74, 6) is 0.760. The molecule has 0 radical (unpaired) electrons. The number of morpholine rings is 1. The van der Waals surface area contributed by atoms with Gasteiger partial charge in [0.1, 0.15) is 5.01 Å². The summed E-state index contributed by atoms with van der Waals surface area (Å²) in [6.07, 6.45) is 0. The highest BCUT2D eigenvalue weighted by Crippen LogP contribution is 2.27. The van der Waals surface area contributed by atoms with Crippen molar-refractivity contribution in [2.75, 3.05) is 39.9 Å². The average molecular weight is 422 g/mol. The van der Waals surface area contributed by atoms with Crippen LogP contribution in [0, 0.1) is 13.8 Å². The molecule has 152 valence electrons. The van der Waals surface area contributed by atoms with Gasteiger partial charge >= 0.3 is 0 Å². The maximum Gasteiger partial charge on any atom is 0.191 e. The first-order valence-electron chi connectivity index (χ1n) is 9.52. The second-order valence-corrected chi connectivity index (χ2v) is 8.44. The topological polar surface area (TPSA) is 61.8 Å². The van der Waals surface area contributed by atoms with Gasteiger partial charge in [-0.1, -0.05) is 29.8 Å². The zero-order valence-corrected chi connectivity index (χ0v) is 18.2. The van der Waals surface area contributed by atoms with Crippen LogP contribution in [0.3, 0.4) is 0 Å². The average Bonchev–Trinajstić information content (AvgIpc) is 3.04. The first-order valence-corrected chi connectivity index (χ1v) is 10.7. The molecule has 2 heterocycles. The third-order valence-electron chi connectivity index (χ3n) is 4.92. The molecule has 0 saturated carbocycles. The van der Waals surface area contributed by atoms with Crippen molar-refractivity contribution in [1.29, 1.82) is 0 Å². The molecule has 1 saturated heterocycles. The predicted octanol–water partition coefficient (Wildman–Crippen LogP) is 3.15. The van der Waals surface area contributed by atoms with Gasteiger partial charge in [0.25, 0.3) is 0 Å². The van der Waals surface area contributed by atoms with E-state index in [0.717, 1.165) is 53.6 Å². The standard InChI is InChI=1S/C20H28ClN5OS/c1-14-15(2)28-19(25-14)13-24-20(22-3)23-12-18(26-8-10-27-11-9-26)16-6-4-5-7-17(16)21/h4-7,18H,8-13H2,1-3H3,(H2,22,23,24). The van der Waals surface area contributed by atoms with Crippen LogP contribution in [0.5, 0.6) is 0 Å². The van der Waals surface area contributed by atoms with E-state index in [9.17, 15) is 0 Å². The van der Waals surface area contributed by atoms with Gasteiger partial charge in [0.2, 0.25) is 0 Å². The highest BCUT2D eigenvalue weighted by molar-refractivity contribution is 7.11. The molecule has 28 heavy (non-hydrogen) atoms. The maximum absolute atomic E-state index is 6.51. The number of ether oxygens (including phenoxy) is 1. The molecule has 0 spiro atoms. The molecule has 1 aromatic carbocycles. The number of hydrogen-bond donors (Lipinski definition) is 2. The molecule has 1 aliphatic heterocycles. The molecule has 1 unspecified atom stereocenters. The van der Waals surface area contributed by atoms with E-state index in [1.165, 1.54) is 4.88 Å². The minimum Gasteiger partial charge on any atom is -0.379 e. The number of halogens is 1. The lowest BCUT2D eigenvalue weighted by Gasteiger charge is -2.35. The molecule has 1 atom stereocenters. The molecular formula is C20H28ClN5OS. The molecule has 1 fully saturated rings. The normalized spacial score (nSPS) is 16.8. The Morgan fingerprint density at radius 1 is 1.29 bits per heavy atom. The number of rotatable bonds is 6. The van der Waals surface area contributed by atoms with Crippen LogP contribution in [0.1, 0.15) is 27.2 Å². The van der Waals surface area contributed by atoms with Gasteiger partial charge in [0.15, 0.2) is 5.96 Å². The molecule has 1 aliphatic rings. The van der Waals surface area contributed by atoms with E-state index in [2.05, 4.69) is 38.5 Å². The summed E-state index contributed by atoms with van der Waals surface area (Å²) in [6.45, 7) is 8.78. The number of nitrogens with one attached hydrogen (secondary N) is 2. The monoisotopic (exact) mass is 421 g/mol. The zero-order valence-electron chi connectivity index (χ0n) is 16.7. The molecule has 8 heteroatoms.